The number of nitrogens with two attached hydrogens (primary N) is 1. The maximum atomic E-state index is 14.0. The first-order valence-electron chi connectivity index (χ1n) is 48.8. The van der Waals surface area contributed by atoms with Crippen molar-refractivity contribution in [2.45, 2.75) is 264 Å². The Morgan fingerprint density at radius 2 is 0.746 bits per heavy atom. The van der Waals surface area contributed by atoms with Gasteiger partial charge in [-0.05, 0) is 132 Å². The fraction of sp³-hybridized carbons (Fsp3) is 0.687. The highest BCUT2D eigenvalue weighted by Gasteiger charge is 2.34. The Morgan fingerprint density at radius 1 is 0.362 bits per heavy atom. The summed E-state index contributed by atoms with van der Waals surface area (Å²) < 4.78 is 55.0. The first-order valence-corrected chi connectivity index (χ1v) is 48.8. The van der Waals surface area contributed by atoms with Crippen LogP contribution in [0.2, 0.25) is 0 Å². The molecule has 13 N–H and O–H groups in total. The molecule has 3 rings (SSSR count). The van der Waals surface area contributed by atoms with E-state index in [1.807, 2.05) is 0 Å². The molecule has 0 spiro atoms. The summed E-state index contributed by atoms with van der Waals surface area (Å²) in [5.74, 6) is -10.3. The van der Waals surface area contributed by atoms with Crippen LogP contribution in [0, 0.1) is 23.2 Å². The number of ketones is 7. The van der Waals surface area contributed by atoms with Crippen molar-refractivity contribution in [1.82, 2.24) is 36.6 Å². The molecule has 0 fully saturated rings. The summed E-state index contributed by atoms with van der Waals surface area (Å²) in [5, 5.41) is 61.5. The first-order chi connectivity index (χ1) is 66.4. The monoisotopic (exact) mass is 1950 g/mol. The van der Waals surface area contributed by atoms with E-state index in [0.717, 1.165) is 89.9 Å². The number of aromatic amines is 1. The van der Waals surface area contributed by atoms with Crippen LogP contribution in [0.1, 0.15) is 271 Å². The summed E-state index contributed by atoms with van der Waals surface area (Å²) in [5.41, 5.74) is 6.08. The van der Waals surface area contributed by atoms with Crippen molar-refractivity contribution in [2.75, 3.05) is 152 Å². The lowest BCUT2D eigenvalue weighted by molar-refractivity contribution is -0.144. The third kappa shape index (κ3) is 64.1. The minimum atomic E-state index is -1.20. The standard InChI is InChI=1S/C99H154N8O31/c1-99(2,65-88(113)85(100)64-78-66-101-72-107-78)89(114)67-106-86(30-18-20-44-103-92(117)69-134-58-54-130-48-24-29-82(111)68-133-57-55-131-51-45-104-90(115)42-36-77(98(127)128)62-81(110)27-16-12-8-4-6-10-14-22-50-138-84-40-34-74(35-41-84)95(121)122)87(112)63-75(96(123)124)25-17-19-43-102-91(116)70-136-60-56-132-52-46-105-93(118)71-135-59-53-129-47-23-28-79(108)37-31-76(97(125)126)61-80(109)26-15-11-7-3-5-9-13-21-49-137-83-38-32-73(33-39-83)94(119)120/h32-35,38-41,66,72,75-77,85-86,106H,3-31,36-37,42-65,67-71,100H2,1-2H3,(H,101,107)(H,102,116)(H,103,117)(H,104,115)(H,105,118)(H,119,120)(H,121,122)(H,123,124)(H,125,126)(H,127,128)/t75-,76-,77-,85+,86+/m1/s1. The number of carboxylic acids is 5. The predicted molar refractivity (Wildman–Crippen MR) is 507 cm³/mol. The Bertz CT molecular complexity index is 4000. The van der Waals surface area contributed by atoms with Crippen molar-refractivity contribution in [2.24, 2.45) is 28.9 Å². The lowest BCUT2D eigenvalue weighted by Crippen LogP contribution is -2.45. The van der Waals surface area contributed by atoms with Crippen molar-refractivity contribution < 1.29 is 150 Å². The van der Waals surface area contributed by atoms with E-state index >= 15 is 0 Å². The van der Waals surface area contributed by atoms with Gasteiger partial charge in [-0.1, -0.05) is 97.3 Å². The molecular weight excluding hydrogens is 1800 g/mol. The van der Waals surface area contributed by atoms with Crippen LogP contribution in [0.3, 0.4) is 0 Å². The summed E-state index contributed by atoms with van der Waals surface area (Å²) in [7, 11) is 0. The van der Waals surface area contributed by atoms with Crippen LogP contribution in [-0.4, -0.2) is 293 Å². The van der Waals surface area contributed by atoms with E-state index in [1.165, 1.54) is 30.6 Å². The zero-order valence-electron chi connectivity index (χ0n) is 81.0. The van der Waals surface area contributed by atoms with Gasteiger partial charge in [-0.2, -0.15) is 0 Å². The number of aromatic carboxylic acids is 2. The van der Waals surface area contributed by atoms with Gasteiger partial charge in [0.05, 0.1) is 133 Å². The summed E-state index contributed by atoms with van der Waals surface area (Å²) >= 11 is 0. The van der Waals surface area contributed by atoms with Gasteiger partial charge in [0.2, 0.25) is 23.6 Å². The maximum absolute atomic E-state index is 14.0. The summed E-state index contributed by atoms with van der Waals surface area (Å²) in [6.07, 6.45) is 21.3. The maximum Gasteiger partial charge on any atom is 0.335 e. The number of nitrogens with one attached hydrogen (secondary N) is 6. The molecule has 776 valence electrons. The predicted octanol–water partition coefficient (Wildman–Crippen LogP) is 9.55. The number of nitrogens with zero attached hydrogens (tertiary/aromatic N) is 1. The molecule has 2 aromatic carbocycles. The van der Waals surface area contributed by atoms with Gasteiger partial charge >= 0.3 is 29.8 Å². The number of amides is 4. The highest BCUT2D eigenvalue weighted by Crippen LogP contribution is 2.26. The molecule has 0 saturated heterocycles. The second kappa shape index (κ2) is 77.6. The lowest BCUT2D eigenvalue weighted by Gasteiger charge is -2.26. The second-order valence-corrected chi connectivity index (χ2v) is 35.0. The molecular formula is C99H154N8O31. The molecule has 0 bridgehead atoms. The fourth-order valence-corrected chi connectivity index (χ4v) is 14.4. The van der Waals surface area contributed by atoms with E-state index in [2.05, 4.69) is 36.6 Å². The SMILES string of the molecule is CC(C)(CC(=O)[C@@H](N)Cc1cnc[nH]1)C(=O)CN[C@@H](CCCCNC(=O)COCCOCCCC(=O)COCCOCCNC(=O)CC[C@H](CC(=O)CCCCCCCCCCOc1ccc(C(=O)O)cc1)C(=O)O)C(=O)C[C@@H](CCCCNC(=O)COCCOCCNC(=O)COCCOCCCC(=O)CC[C@H](CC(=O)CCCCCCCCCCOc1ccc(C(=O)O)cc1)C(=O)O)C(=O)O. The summed E-state index contributed by atoms with van der Waals surface area (Å²) in [6.45, 7) is 5.78. The van der Waals surface area contributed by atoms with Gasteiger partial charge in [0.25, 0.3) is 0 Å². The van der Waals surface area contributed by atoms with E-state index in [0.29, 0.717) is 94.6 Å². The van der Waals surface area contributed by atoms with Crippen LogP contribution >= 0.6 is 0 Å². The number of carboxylic acid groups (broad SMARTS) is 5. The van der Waals surface area contributed by atoms with Crippen molar-refractivity contribution in [3.05, 3.63) is 77.9 Å². The van der Waals surface area contributed by atoms with Crippen LogP contribution < -0.4 is 41.8 Å². The number of H-pyrrole nitrogens is 1. The third-order valence-electron chi connectivity index (χ3n) is 22.7. The van der Waals surface area contributed by atoms with Crippen LogP contribution in [0.15, 0.2) is 61.1 Å². The number of imidazole rings is 1. The van der Waals surface area contributed by atoms with Gasteiger partial charge in [0.15, 0.2) is 23.1 Å². The average Bonchev–Trinajstić information content (AvgIpc) is 1.06. The van der Waals surface area contributed by atoms with Crippen molar-refractivity contribution in [3.8, 4) is 11.5 Å². The van der Waals surface area contributed by atoms with E-state index in [1.54, 1.807) is 44.3 Å². The molecule has 138 heavy (non-hydrogen) atoms. The zero-order valence-corrected chi connectivity index (χ0v) is 81.0. The highest BCUT2D eigenvalue weighted by molar-refractivity contribution is 5.95. The molecule has 0 aliphatic rings. The fourth-order valence-electron chi connectivity index (χ4n) is 14.4. The highest BCUT2D eigenvalue weighted by atomic mass is 16.5. The number of unbranched alkanes of at least 4 members (excludes halogenated alkanes) is 16. The van der Waals surface area contributed by atoms with E-state index in [9.17, 15) is 92.0 Å². The van der Waals surface area contributed by atoms with E-state index < -0.39 is 82.7 Å². The molecule has 0 aliphatic carbocycles. The van der Waals surface area contributed by atoms with Crippen molar-refractivity contribution in [1.29, 1.82) is 0 Å². The van der Waals surface area contributed by atoms with Crippen LogP contribution in [0.4, 0.5) is 0 Å². The summed E-state index contributed by atoms with van der Waals surface area (Å²) in [6, 6.07) is 10.8. The number of aliphatic carboxylic acids is 3. The molecule has 0 radical (unpaired) electrons. The van der Waals surface area contributed by atoms with Gasteiger partial charge in [-0.15, -0.1) is 0 Å². The topological polar surface area (TPSA) is 581 Å². The molecule has 39 heteroatoms. The molecule has 39 nitrogen and oxygen atoms in total. The Hall–Kier alpha value is -10.2. The smallest absolute Gasteiger partial charge is 0.335 e. The number of carbonyl (C=O) groups is 16. The lowest BCUT2D eigenvalue weighted by atomic mass is 9.81. The minimum Gasteiger partial charge on any atom is -0.494 e. The number of hydrogen-bond acceptors (Lipinski definition) is 29. The van der Waals surface area contributed by atoms with Crippen molar-refractivity contribution in [3.63, 3.8) is 0 Å². The number of carbonyl (C=O) groups excluding carboxylic acids is 11. The number of rotatable bonds is 95. The van der Waals surface area contributed by atoms with Crippen LogP contribution in [0.5, 0.6) is 11.5 Å². The third-order valence-corrected chi connectivity index (χ3v) is 22.7. The zero-order chi connectivity index (χ0) is 101. The molecule has 1 heterocycles. The van der Waals surface area contributed by atoms with Crippen LogP contribution in [-0.2, 0) is 111 Å². The largest absolute Gasteiger partial charge is 0.494 e. The van der Waals surface area contributed by atoms with Crippen LogP contribution in [0.25, 0.3) is 0 Å². The molecule has 0 unspecified atom stereocenters. The Kier molecular flexibility index (Phi) is 68.5. The van der Waals surface area contributed by atoms with Crippen molar-refractivity contribution >= 4 is 94.0 Å². The van der Waals surface area contributed by atoms with E-state index in [-0.39, 0.29) is 280 Å². The number of aromatic nitrogens is 2. The molecule has 4 amide bonds. The van der Waals surface area contributed by atoms with Gasteiger partial charge in [0.1, 0.15) is 55.3 Å². The first kappa shape index (κ1) is 122. The molecule has 5 atom stereocenters. The van der Waals surface area contributed by atoms with Gasteiger partial charge in [-0.25, -0.2) is 14.6 Å². The number of ether oxygens (including phenoxy) is 10. The number of hydrogen-bond donors (Lipinski definition) is 12. The van der Waals surface area contributed by atoms with Gasteiger partial charge in [-0.3, -0.25) is 67.1 Å². The number of Topliss-reactive ketones (excluding diaryl/α,β-unsaturated/α-hetero) is 7. The quantitative estimate of drug-likeness (QED) is 0.0234. The Morgan fingerprint density at radius 3 is 1.19 bits per heavy atom. The van der Waals surface area contributed by atoms with Gasteiger partial charge < -0.3 is 110 Å². The summed E-state index contributed by atoms with van der Waals surface area (Å²) in [4.78, 5) is 206. The normalized spacial score (nSPS) is 12.5. The molecule has 1 aromatic heterocycles. The molecule has 0 saturated carbocycles. The Labute approximate surface area is 809 Å². The molecule has 0 aliphatic heterocycles. The molecule has 3 aromatic rings. The Balaban J connectivity index is 1.19. The van der Waals surface area contributed by atoms with E-state index in [4.69, 9.17) is 63.3 Å². The van der Waals surface area contributed by atoms with Gasteiger partial charge in [0, 0.05) is 127 Å². The average molecular weight is 1950 g/mol. The number of benzene rings is 2. The minimum absolute atomic E-state index is 0.0267. The second-order valence-electron chi connectivity index (χ2n) is 35.0.